The summed E-state index contributed by atoms with van der Waals surface area (Å²) in [5.74, 6) is 0.561. The van der Waals surface area contributed by atoms with Crippen LogP contribution in [0.2, 0.25) is 0 Å². The van der Waals surface area contributed by atoms with Crippen LogP contribution >= 0.6 is 0 Å². The van der Waals surface area contributed by atoms with E-state index >= 15 is 0 Å². The Morgan fingerprint density at radius 2 is 1.93 bits per heavy atom. The van der Waals surface area contributed by atoms with Crippen molar-refractivity contribution in [2.75, 3.05) is 0 Å². The Hall–Kier alpha value is -0.790. The third-order valence-corrected chi connectivity index (χ3v) is 3.39. The molecular formula is C13H23NO. The maximum Gasteiger partial charge on any atom is 0.243 e. The van der Waals surface area contributed by atoms with Crippen molar-refractivity contribution in [3.8, 4) is 0 Å². The molecule has 2 unspecified atom stereocenters. The lowest BCUT2D eigenvalue weighted by Crippen LogP contribution is -2.46. The van der Waals surface area contributed by atoms with Gasteiger partial charge in [-0.05, 0) is 30.3 Å². The summed E-state index contributed by atoms with van der Waals surface area (Å²) in [6.45, 7) is 10.3. The molecule has 1 fully saturated rings. The van der Waals surface area contributed by atoms with Crippen molar-refractivity contribution in [1.29, 1.82) is 0 Å². The van der Waals surface area contributed by atoms with E-state index in [1.807, 2.05) is 0 Å². The average Bonchev–Trinajstić information content (AvgIpc) is 2.17. The number of hydrogen-bond donors (Lipinski definition) is 1. The zero-order chi connectivity index (χ0) is 11.5. The topological polar surface area (TPSA) is 29.1 Å². The van der Waals surface area contributed by atoms with Crippen molar-refractivity contribution in [1.82, 2.24) is 5.32 Å². The monoisotopic (exact) mass is 209 g/mol. The Morgan fingerprint density at radius 3 is 2.47 bits per heavy atom. The molecule has 0 heterocycles. The van der Waals surface area contributed by atoms with Crippen LogP contribution in [0.25, 0.3) is 0 Å². The molecule has 1 saturated carbocycles. The number of hydrogen-bond acceptors (Lipinski definition) is 1. The van der Waals surface area contributed by atoms with E-state index in [4.69, 9.17) is 0 Å². The van der Waals surface area contributed by atoms with Crippen LogP contribution in [0.3, 0.4) is 0 Å². The zero-order valence-corrected chi connectivity index (χ0v) is 10.2. The van der Waals surface area contributed by atoms with Gasteiger partial charge in [-0.3, -0.25) is 4.79 Å². The Kier molecular flexibility index (Phi) is 3.95. The highest BCUT2D eigenvalue weighted by molar-refractivity contribution is 5.87. The lowest BCUT2D eigenvalue weighted by Gasteiger charge is -2.40. The summed E-state index contributed by atoms with van der Waals surface area (Å²) < 4.78 is 0. The van der Waals surface area contributed by atoms with Gasteiger partial charge in [0, 0.05) is 6.04 Å². The van der Waals surface area contributed by atoms with Crippen molar-refractivity contribution in [3.63, 3.8) is 0 Å². The summed E-state index contributed by atoms with van der Waals surface area (Å²) >= 11 is 0. The van der Waals surface area contributed by atoms with E-state index in [1.165, 1.54) is 25.3 Å². The first-order valence-electron chi connectivity index (χ1n) is 5.88. The van der Waals surface area contributed by atoms with E-state index < -0.39 is 0 Å². The van der Waals surface area contributed by atoms with Gasteiger partial charge in [0.15, 0.2) is 0 Å². The third-order valence-electron chi connectivity index (χ3n) is 3.39. The van der Waals surface area contributed by atoms with Crippen LogP contribution in [0.5, 0.6) is 0 Å². The predicted molar refractivity (Wildman–Crippen MR) is 63.5 cm³/mol. The normalized spacial score (nSPS) is 27.1. The molecule has 0 aliphatic heterocycles. The lowest BCUT2D eigenvalue weighted by molar-refractivity contribution is -0.118. The van der Waals surface area contributed by atoms with Gasteiger partial charge in [-0.1, -0.05) is 40.2 Å². The van der Waals surface area contributed by atoms with Gasteiger partial charge in [-0.25, -0.2) is 0 Å². The summed E-state index contributed by atoms with van der Waals surface area (Å²) in [5.41, 5.74) is 0.277. The third kappa shape index (κ3) is 3.37. The molecule has 1 aliphatic carbocycles. The number of carbonyl (C=O) groups is 1. The minimum absolute atomic E-state index is 0.0313. The summed E-state index contributed by atoms with van der Waals surface area (Å²) in [6, 6.07) is 0.337. The minimum atomic E-state index is -0.0313. The van der Waals surface area contributed by atoms with Gasteiger partial charge in [0.05, 0.1) is 0 Å². The maximum atomic E-state index is 11.3. The molecular weight excluding hydrogens is 186 g/mol. The second kappa shape index (κ2) is 4.82. The van der Waals surface area contributed by atoms with Crippen molar-refractivity contribution in [3.05, 3.63) is 12.7 Å². The highest BCUT2D eigenvalue weighted by Crippen LogP contribution is 2.37. The molecule has 2 nitrogen and oxygen atoms in total. The first-order valence-corrected chi connectivity index (χ1v) is 5.88. The Balaban J connectivity index is 2.65. The van der Waals surface area contributed by atoms with Crippen LogP contribution in [0.4, 0.5) is 0 Å². The van der Waals surface area contributed by atoms with Gasteiger partial charge in [0.25, 0.3) is 0 Å². The summed E-state index contributed by atoms with van der Waals surface area (Å²) in [5, 5.41) is 3.07. The van der Waals surface area contributed by atoms with Crippen LogP contribution < -0.4 is 5.32 Å². The second-order valence-electron chi connectivity index (χ2n) is 5.58. The SMILES string of the molecule is C=CC(=O)NC1CCCCC1C(C)(C)C. The van der Waals surface area contributed by atoms with E-state index in [-0.39, 0.29) is 11.3 Å². The quantitative estimate of drug-likeness (QED) is 0.696. The summed E-state index contributed by atoms with van der Waals surface area (Å²) in [4.78, 5) is 11.3. The summed E-state index contributed by atoms with van der Waals surface area (Å²) in [6.07, 6.45) is 6.23. The van der Waals surface area contributed by atoms with Crippen LogP contribution in [-0.2, 0) is 4.79 Å². The molecule has 15 heavy (non-hydrogen) atoms. The van der Waals surface area contributed by atoms with Gasteiger partial charge >= 0.3 is 0 Å². The van der Waals surface area contributed by atoms with Gasteiger partial charge < -0.3 is 5.32 Å². The molecule has 2 heteroatoms. The molecule has 86 valence electrons. The van der Waals surface area contributed by atoms with Gasteiger partial charge in [-0.2, -0.15) is 0 Å². The smallest absolute Gasteiger partial charge is 0.243 e. The van der Waals surface area contributed by atoms with Crippen molar-refractivity contribution >= 4 is 5.91 Å². The van der Waals surface area contributed by atoms with Gasteiger partial charge in [0.1, 0.15) is 0 Å². The Bertz CT molecular complexity index is 239. The van der Waals surface area contributed by atoms with E-state index in [9.17, 15) is 4.79 Å². The van der Waals surface area contributed by atoms with E-state index in [0.29, 0.717) is 12.0 Å². The molecule has 1 rings (SSSR count). The number of rotatable bonds is 2. The van der Waals surface area contributed by atoms with Gasteiger partial charge in [0.2, 0.25) is 5.91 Å². The van der Waals surface area contributed by atoms with Crippen LogP contribution in [0.1, 0.15) is 46.5 Å². The molecule has 0 saturated heterocycles. The van der Waals surface area contributed by atoms with Crippen molar-refractivity contribution in [2.24, 2.45) is 11.3 Å². The number of carbonyl (C=O) groups excluding carboxylic acids is 1. The van der Waals surface area contributed by atoms with Crippen LogP contribution in [0, 0.1) is 11.3 Å². The fourth-order valence-corrected chi connectivity index (χ4v) is 2.58. The average molecular weight is 209 g/mol. The highest BCUT2D eigenvalue weighted by Gasteiger charge is 2.34. The van der Waals surface area contributed by atoms with Gasteiger partial charge in [-0.15, -0.1) is 0 Å². The molecule has 0 bridgehead atoms. The van der Waals surface area contributed by atoms with E-state index in [0.717, 1.165) is 6.42 Å². The first-order chi connectivity index (χ1) is 6.95. The molecule has 0 aromatic carbocycles. The minimum Gasteiger partial charge on any atom is -0.350 e. The molecule has 1 N–H and O–H groups in total. The first kappa shape index (κ1) is 12.3. The highest BCUT2D eigenvalue weighted by atomic mass is 16.1. The molecule has 0 spiro atoms. The zero-order valence-electron chi connectivity index (χ0n) is 10.2. The van der Waals surface area contributed by atoms with Crippen LogP contribution in [-0.4, -0.2) is 11.9 Å². The molecule has 1 aliphatic rings. The molecule has 0 aromatic heterocycles. The largest absolute Gasteiger partial charge is 0.350 e. The Labute approximate surface area is 93.1 Å². The predicted octanol–water partition coefficient (Wildman–Crippen LogP) is 2.89. The maximum absolute atomic E-state index is 11.3. The standard InChI is InChI=1S/C13H23NO/c1-5-12(15)14-11-9-7-6-8-10(11)13(2,3)4/h5,10-11H,1,6-9H2,2-4H3,(H,14,15). The van der Waals surface area contributed by atoms with Crippen molar-refractivity contribution < 1.29 is 4.79 Å². The number of nitrogens with one attached hydrogen (secondary N) is 1. The lowest BCUT2D eigenvalue weighted by atomic mass is 9.69. The van der Waals surface area contributed by atoms with E-state index in [2.05, 4.69) is 32.7 Å². The molecule has 1 amide bonds. The van der Waals surface area contributed by atoms with E-state index in [1.54, 1.807) is 0 Å². The Morgan fingerprint density at radius 1 is 1.33 bits per heavy atom. The molecule has 0 radical (unpaired) electrons. The fourth-order valence-electron chi connectivity index (χ4n) is 2.58. The molecule has 2 atom stereocenters. The van der Waals surface area contributed by atoms with Crippen molar-refractivity contribution in [2.45, 2.75) is 52.5 Å². The number of amides is 1. The fraction of sp³-hybridized carbons (Fsp3) is 0.769. The summed E-state index contributed by atoms with van der Waals surface area (Å²) in [7, 11) is 0. The second-order valence-corrected chi connectivity index (χ2v) is 5.58. The van der Waals surface area contributed by atoms with Crippen LogP contribution in [0.15, 0.2) is 12.7 Å². The molecule has 0 aromatic rings.